The van der Waals surface area contributed by atoms with Crippen LogP contribution < -0.4 is 34.9 Å². The number of hydrogen-bond acceptors (Lipinski definition) is 2. The van der Waals surface area contributed by atoms with Gasteiger partial charge < -0.3 is 10.8 Å². The zero-order valence-corrected chi connectivity index (χ0v) is 6.98. The third-order valence-corrected chi connectivity index (χ3v) is 0.903. The van der Waals surface area contributed by atoms with Gasteiger partial charge in [-0.05, 0) is 6.42 Å². The fourth-order valence-corrected chi connectivity index (χ4v) is 0.565. The predicted molar refractivity (Wildman–Crippen MR) is 24.2 cm³/mol. The van der Waals surface area contributed by atoms with Crippen LogP contribution in [0.15, 0.2) is 0 Å². The van der Waals surface area contributed by atoms with Crippen LogP contribution in [0.1, 0.15) is 12.8 Å². The molecule has 1 fully saturated rings. The Labute approximate surface area is 70.4 Å². The fraction of sp³-hybridized carbons (Fsp3) is 0.750. The Balaban J connectivity index is 0. The first kappa shape index (κ1) is 11.3. The minimum Gasteiger partial charge on any atom is -0.870 e. The van der Waals surface area contributed by atoms with Gasteiger partial charge in [0.1, 0.15) is 0 Å². The summed E-state index contributed by atoms with van der Waals surface area (Å²) in [4.78, 5) is 10.1. The quantitative estimate of drug-likeness (QED) is 0.345. The molecular weight excluding hydrogens is 117 g/mol. The van der Waals surface area contributed by atoms with Crippen LogP contribution >= 0.6 is 0 Å². The van der Waals surface area contributed by atoms with Gasteiger partial charge in [0.05, 0.1) is 0 Å². The molecule has 1 amide bonds. The molecule has 42 valence electrons. The number of amides is 1. The zero-order valence-electron chi connectivity index (χ0n) is 4.98. The molecular formula is C4H8NNaO2. The van der Waals surface area contributed by atoms with Crippen LogP contribution in [0.4, 0.5) is 0 Å². The average molecular weight is 125 g/mol. The van der Waals surface area contributed by atoms with E-state index in [1.165, 1.54) is 0 Å². The van der Waals surface area contributed by atoms with Gasteiger partial charge in [-0.3, -0.25) is 4.79 Å². The molecule has 0 aromatic carbocycles. The molecule has 1 rings (SSSR count). The van der Waals surface area contributed by atoms with Crippen molar-refractivity contribution < 1.29 is 39.8 Å². The van der Waals surface area contributed by atoms with E-state index in [4.69, 9.17) is 0 Å². The average Bonchev–Trinajstić information content (AvgIpc) is 1.86. The minimum absolute atomic E-state index is 0. The van der Waals surface area contributed by atoms with E-state index in [2.05, 4.69) is 5.32 Å². The van der Waals surface area contributed by atoms with Crippen LogP contribution in [-0.2, 0) is 4.79 Å². The first-order valence-corrected chi connectivity index (χ1v) is 2.16. The van der Waals surface area contributed by atoms with Crippen LogP contribution in [0.2, 0.25) is 0 Å². The molecule has 0 aromatic rings. The van der Waals surface area contributed by atoms with E-state index < -0.39 is 0 Å². The van der Waals surface area contributed by atoms with E-state index in [0.717, 1.165) is 19.4 Å². The molecule has 0 saturated carbocycles. The van der Waals surface area contributed by atoms with Crippen LogP contribution in [0.5, 0.6) is 0 Å². The minimum atomic E-state index is 0. The molecule has 8 heavy (non-hydrogen) atoms. The third kappa shape index (κ3) is 3.43. The second-order valence-electron chi connectivity index (χ2n) is 1.45. The summed E-state index contributed by atoms with van der Waals surface area (Å²) < 4.78 is 0. The van der Waals surface area contributed by atoms with Crippen molar-refractivity contribution in [2.75, 3.05) is 6.54 Å². The maximum Gasteiger partial charge on any atom is 1.00 e. The van der Waals surface area contributed by atoms with Gasteiger partial charge in [0.25, 0.3) is 0 Å². The van der Waals surface area contributed by atoms with E-state index in [9.17, 15) is 4.79 Å². The monoisotopic (exact) mass is 125 g/mol. The van der Waals surface area contributed by atoms with Crippen LogP contribution in [-0.4, -0.2) is 17.9 Å². The van der Waals surface area contributed by atoms with E-state index in [1.54, 1.807) is 0 Å². The van der Waals surface area contributed by atoms with Crippen molar-refractivity contribution >= 4 is 5.91 Å². The standard InChI is InChI=1S/C4H7NO.Na.H2O/c6-4-2-1-3-5-4;;/h1-3H2,(H,5,6);;1H2/q;+1;/p-1. The molecule has 1 heterocycles. The largest absolute Gasteiger partial charge is 1.00 e. The van der Waals surface area contributed by atoms with E-state index in [0.29, 0.717) is 0 Å². The summed E-state index contributed by atoms with van der Waals surface area (Å²) in [6.45, 7) is 0.888. The zero-order chi connectivity index (χ0) is 4.41. The van der Waals surface area contributed by atoms with Crippen molar-refractivity contribution in [1.29, 1.82) is 0 Å². The SMILES string of the molecule is O=C1CCCN1.[Na+].[OH-]. The van der Waals surface area contributed by atoms with Gasteiger partial charge in [-0.15, -0.1) is 0 Å². The van der Waals surface area contributed by atoms with Crippen molar-refractivity contribution in [3.8, 4) is 0 Å². The first-order chi connectivity index (χ1) is 2.89. The van der Waals surface area contributed by atoms with Crippen molar-refractivity contribution in [1.82, 2.24) is 5.32 Å². The second-order valence-corrected chi connectivity index (χ2v) is 1.45. The molecule has 0 aliphatic carbocycles. The molecule has 4 heteroatoms. The number of rotatable bonds is 0. The van der Waals surface area contributed by atoms with Gasteiger partial charge in [0.2, 0.25) is 5.91 Å². The first-order valence-electron chi connectivity index (χ1n) is 2.16. The Kier molecular flexibility index (Phi) is 7.83. The summed E-state index contributed by atoms with van der Waals surface area (Å²) in [5.74, 6) is 0.204. The molecule has 3 nitrogen and oxygen atoms in total. The van der Waals surface area contributed by atoms with Crippen molar-refractivity contribution in [2.45, 2.75) is 12.8 Å². The van der Waals surface area contributed by atoms with Crippen molar-refractivity contribution in [3.63, 3.8) is 0 Å². The predicted octanol–water partition coefficient (Wildman–Crippen LogP) is -3.28. The molecule has 0 aromatic heterocycles. The van der Waals surface area contributed by atoms with Crippen LogP contribution in [0.25, 0.3) is 0 Å². The second kappa shape index (κ2) is 5.56. The Bertz CT molecular complexity index is 68.4. The van der Waals surface area contributed by atoms with E-state index in [1.807, 2.05) is 0 Å². The summed E-state index contributed by atoms with van der Waals surface area (Å²) in [5, 5.41) is 2.68. The van der Waals surface area contributed by atoms with Gasteiger partial charge in [-0.1, -0.05) is 0 Å². The number of carbonyl (C=O) groups is 1. The number of nitrogens with one attached hydrogen (secondary N) is 1. The van der Waals surface area contributed by atoms with Gasteiger partial charge >= 0.3 is 29.6 Å². The van der Waals surface area contributed by atoms with Crippen molar-refractivity contribution in [2.24, 2.45) is 0 Å². The van der Waals surface area contributed by atoms with E-state index in [-0.39, 0.29) is 40.9 Å². The van der Waals surface area contributed by atoms with Crippen LogP contribution in [0, 0.1) is 0 Å². The molecule has 1 aliphatic heterocycles. The van der Waals surface area contributed by atoms with Crippen molar-refractivity contribution in [3.05, 3.63) is 0 Å². The molecule has 0 atom stereocenters. The van der Waals surface area contributed by atoms with Gasteiger partial charge in [0.15, 0.2) is 0 Å². The maximum absolute atomic E-state index is 10.1. The molecule has 0 unspecified atom stereocenters. The van der Waals surface area contributed by atoms with Crippen LogP contribution in [0.3, 0.4) is 0 Å². The normalized spacial score (nSPS) is 15.8. The number of carbonyl (C=O) groups excluding carboxylic acids is 1. The topological polar surface area (TPSA) is 59.1 Å². The summed E-state index contributed by atoms with van der Waals surface area (Å²) in [5.41, 5.74) is 0. The fourth-order valence-electron chi connectivity index (χ4n) is 0.565. The molecule has 0 bridgehead atoms. The third-order valence-electron chi connectivity index (χ3n) is 0.903. The number of hydrogen-bond donors (Lipinski definition) is 1. The molecule has 0 radical (unpaired) electrons. The summed E-state index contributed by atoms with van der Waals surface area (Å²) >= 11 is 0. The Hall–Kier alpha value is 0.430. The Morgan fingerprint density at radius 3 is 2.25 bits per heavy atom. The van der Waals surface area contributed by atoms with Gasteiger partial charge in [-0.2, -0.15) is 0 Å². The molecule has 1 saturated heterocycles. The van der Waals surface area contributed by atoms with Gasteiger partial charge in [0, 0.05) is 13.0 Å². The summed E-state index contributed by atoms with van der Waals surface area (Å²) in [6, 6.07) is 0. The summed E-state index contributed by atoms with van der Waals surface area (Å²) in [6.07, 6.45) is 1.76. The van der Waals surface area contributed by atoms with Gasteiger partial charge in [-0.25, -0.2) is 0 Å². The van der Waals surface area contributed by atoms with E-state index >= 15 is 0 Å². The molecule has 1 aliphatic rings. The summed E-state index contributed by atoms with van der Waals surface area (Å²) in [7, 11) is 0. The Morgan fingerprint density at radius 2 is 2.12 bits per heavy atom. The smallest absolute Gasteiger partial charge is 0.870 e. The molecule has 2 N–H and O–H groups in total. The molecule has 0 spiro atoms. The maximum atomic E-state index is 10.1. The Morgan fingerprint density at radius 1 is 1.50 bits per heavy atom.